The Morgan fingerprint density at radius 2 is 1.19 bits per heavy atom. The van der Waals surface area contributed by atoms with Gasteiger partial charge in [-0.05, 0) is 75.4 Å². The number of hydrogen-bond acceptors (Lipinski definition) is 4. The SMILES string of the molecule is Cc1ccccc1C1=N[C@](C)(c2ccccc2C)C(CC2OC(C3=CC=CC(Br)C3(C)Br)=N[C@]2(C)c2ccccc2C)O1. The second-order valence-corrected chi connectivity index (χ2v) is 15.1. The average molecular weight is 703 g/mol. The van der Waals surface area contributed by atoms with Gasteiger partial charge >= 0.3 is 0 Å². The molecule has 0 bridgehead atoms. The van der Waals surface area contributed by atoms with E-state index in [4.69, 9.17) is 19.5 Å². The summed E-state index contributed by atoms with van der Waals surface area (Å²) in [5.74, 6) is 1.35. The van der Waals surface area contributed by atoms with Gasteiger partial charge in [-0.2, -0.15) is 0 Å². The van der Waals surface area contributed by atoms with E-state index in [2.05, 4.69) is 158 Å². The van der Waals surface area contributed by atoms with Gasteiger partial charge in [0.2, 0.25) is 11.8 Å². The number of ether oxygens (including phenoxy) is 2. The summed E-state index contributed by atoms with van der Waals surface area (Å²) >= 11 is 7.81. The lowest BCUT2D eigenvalue weighted by Crippen LogP contribution is -2.42. The van der Waals surface area contributed by atoms with Gasteiger partial charge in [-0.15, -0.1) is 0 Å². The van der Waals surface area contributed by atoms with Crippen LogP contribution in [0.15, 0.2) is 107 Å². The first-order valence-electron chi connectivity index (χ1n) is 14.9. The largest absolute Gasteiger partial charge is 0.471 e. The van der Waals surface area contributed by atoms with Gasteiger partial charge < -0.3 is 9.47 Å². The summed E-state index contributed by atoms with van der Waals surface area (Å²) < 4.78 is 13.5. The van der Waals surface area contributed by atoms with Gasteiger partial charge in [0.05, 0.1) is 9.15 Å². The van der Waals surface area contributed by atoms with E-state index in [-0.39, 0.29) is 21.4 Å². The second-order valence-electron chi connectivity index (χ2n) is 12.5. The molecule has 0 saturated carbocycles. The molecule has 3 aromatic carbocycles. The minimum Gasteiger partial charge on any atom is -0.471 e. The molecule has 2 heterocycles. The third-order valence-corrected chi connectivity index (χ3v) is 12.2. The van der Waals surface area contributed by atoms with Gasteiger partial charge in [-0.1, -0.05) is 117 Å². The maximum Gasteiger partial charge on any atom is 0.217 e. The Bertz CT molecular complexity index is 1690. The van der Waals surface area contributed by atoms with Crippen LogP contribution >= 0.6 is 31.9 Å². The van der Waals surface area contributed by atoms with Gasteiger partial charge in [0, 0.05) is 17.6 Å². The fraction of sp³-hybridized carbons (Fsp3) is 0.351. The molecule has 6 heteroatoms. The second kappa shape index (κ2) is 11.2. The molecular weight excluding hydrogens is 664 g/mol. The van der Waals surface area contributed by atoms with Crippen molar-refractivity contribution in [3.05, 3.63) is 130 Å². The molecule has 0 spiro atoms. The Hall–Kier alpha value is -2.96. The molecule has 222 valence electrons. The Morgan fingerprint density at radius 1 is 0.698 bits per heavy atom. The van der Waals surface area contributed by atoms with E-state index in [1.54, 1.807) is 0 Å². The molecule has 0 radical (unpaired) electrons. The molecule has 0 N–H and O–H groups in total. The Morgan fingerprint density at radius 3 is 1.74 bits per heavy atom. The third kappa shape index (κ3) is 5.14. The number of allylic oxidation sites excluding steroid dienone is 3. The van der Waals surface area contributed by atoms with Crippen molar-refractivity contribution in [1.29, 1.82) is 0 Å². The lowest BCUT2D eigenvalue weighted by molar-refractivity contribution is 0.0513. The predicted molar refractivity (Wildman–Crippen MR) is 184 cm³/mol. The Kier molecular flexibility index (Phi) is 7.83. The molecule has 43 heavy (non-hydrogen) atoms. The molecule has 3 aromatic rings. The summed E-state index contributed by atoms with van der Waals surface area (Å²) in [6, 6.07) is 25.3. The number of hydrogen-bond donors (Lipinski definition) is 0. The molecule has 1 aliphatic carbocycles. The number of rotatable bonds is 6. The van der Waals surface area contributed by atoms with Crippen LogP contribution in [0.25, 0.3) is 0 Å². The van der Waals surface area contributed by atoms with Crippen LogP contribution in [0.1, 0.15) is 60.6 Å². The molecule has 4 unspecified atom stereocenters. The molecule has 2 aliphatic heterocycles. The van der Waals surface area contributed by atoms with E-state index in [0.717, 1.165) is 27.8 Å². The van der Waals surface area contributed by atoms with Gasteiger partial charge in [-0.3, -0.25) is 0 Å². The fourth-order valence-corrected chi connectivity index (χ4v) is 7.58. The van der Waals surface area contributed by atoms with Crippen molar-refractivity contribution in [3.63, 3.8) is 0 Å². The highest BCUT2D eigenvalue weighted by Crippen LogP contribution is 2.49. The lowest BCUT2D eigenvalue weighted by atomic mass is 9.77. The highest BCUT2D eigenvalue weighted by Gasteiger charge is 2.53. The summed E-state index contributed by atoms with van der Waals surface area (Å²) in [6.07, 6.45) is 6.35. The minimum absolute atomic E-state index is 0.0997. The van der Waals surface area contributed by atoms with Crippen molar-refractivity contribution in [1.82, 2.24) is 0 Å². The van der Waals surface area contributed by atoms with Crippen molar-refractivity contribution in [2.45, 2.75) is 80.4 Å². The minimum atomic E-state index is -0.630. The molecular formula is C37H38Br2N2O2. The van der Waals surface area contributed by atoms with Crippen LogP contribution in [0.2, 0.25) is 0 Å². The summed E-state index contributed by atoms with van der Waals surface area (Å²) in [7, 11) is 0. The summed E-state index contributed by atoms with van der Waals surface area (Å²) in [5.41, 5.74) is 6.64. The Balaban J connectivity index is 1.44. The number of alkyl halides is 2. The van der Waals surface area contributed by atoms with Crippen LogP contribution < -0.4 is 0 Å². The average Bonchev–Trinajstić information content (AvgIpc) is 3.48. The van der Waals surface area contributed by atoms with E-state index in [0.29, 0.717) is 18.2 Å². The summed E-state index contributed by atoms with van der Waals surface area (Å²) in [6.45, 7) is 13.0. The highest BCUT2D eigenvalue weighted by atomic mass is 79.9. The summed E-state index contributed by atoms with van der Waals surface area (Å²) in [5, 5.41) is 0. The van der Waals surface area contributed by atoms with E-state index in [9.17, 15) is 0 Å². The molecule has 0 fully saturated rings. The molecule has 0 saturated heterocycles. The quantitative estimate of drug-likeness (QED) is 0.241. The maximum absolute atomic E-state index is 6.96. The monoisotopic (exact) mass is 700 g/mol. The van der Waals surface area contributed by atoms with Crippen molar-refractivity contribution >= 4 is 43.7 Å². The van der Waals surface area contributed by atoms with Crippen LogP contribution in [0.4, 0.5) is 0 Å². The number of benzene rings is 3. The zero-order chi connectivity index (χ0) is 30.6. The Labute approximate surface area is 272 Å². The standard InChI is InChI=1S/C37H38Br2N2O2/c1-23-14-7-10-17-26(23)33-40-36(5,27-18-11-8-15-24(27)2)31(42-33)22-32-37(6,28-19-12-9-16-25(28)3)41-34(43-32)29-20-13-21-30(38)35(29,4)39/h7-21,30-32H,22H2,1-6H3/t30?,31?,32?,35?,36-,37-/m1/s1. The van der Waals surface area contributed by atoms with Crippen molar-refractivity contribution in [3.8, 4) is 0 Å². The van der Waals surface area contributed by atoms with E-state index in [1.165, 1.54) is 11.1 Å². The number of nitrogens with zero attached hydrogens (tertiary/aromatic N) is 2. The van der Waals surface area contributed by atoms with Crippen LogP contribution in [-0.4, -0.2) is 33.2 Å². The van der Waals surface area contributed by atoms with Crippen molar-refractivity contribution < 1.29 is 9.47 Å². The van der Waals surface area contributed by atoms with Crippen molar-refractivity contribution in [2.24, 2.45) is 9.98 Å². The zero-order valence-electron chi connectivity index (χ0n) is 25.6. The smallest absolute Gasteiger partial charge is 0.217 e. The summed E-state index contributed by atoms with van der Waals surface area (Å²) in [4.78, 5) is 10.9. The molecule has 6 rings (SSSR count). The molecule has 0 aromatic heterocycles. The number of aliphatic imine (C=N–C) groups is 2. The van der Waals surface area contributed by atoms with Crippen LogP contribution in [0.3, 0.4) is 0 Å². The van der Waals surface area contributed by atoms with Gasteiger partial charge in [0.1, 0.15) is 23.3 Å². The third-order valence-electron chi connectivity index (χ3n) is 9.43. The van der Waals surface area contributed by atoms with Gasteiger partial charge in [-0.25, -0.2) is 9.98 Å². The predicted octanol–water partition coefficient (Wildman–Crippen LogP) is 9.19. The first kappa shape index (κ1) is 30.1. The first-order chi connectivity index (χ1) is 20.4. The highest BCUT2D eigenvalue weighted by molar-refractivity contribution is 9.12. The van der Waals surface area contributed by atoms with E-state index >= 15 is 0 Å². The molecule has 3 aliphatic rings. The topological polar surface area (TPSA) is 43.2 Å². The van der Waals surface area contributed by atoms with Crippen LogP contribution in [0, 0.1) is 20.8 Å². The van der Waals surface area contributed by atoms with E-state index in [1.807, 2.05) is 6.07 Å². The number of halogens is 2. The molecule has 6 atom stereocenters. The number of aryl methyl sites for hydroxylation is 3. The van der Waals surface area contributed by atoms with E-state index < -0.39 is 11.1 Å². The lowest BCUT2D eigenvalue weighted by Gasteiger charge is -2.35. The zero-order valence-corrected chi connectivity index (χ0v) is 28.7. The fourth-order valence-electron chi connectivity index (χ4n) is 6.70. The molecule has 0 amide bonds. The van der Waals surface area contributed by atoms with Crippen molar-refractivity contribution in [2.75, 3.05) is 0 Å². The maximum atomic E-state index is 6.96. The van der Waals surface area contributed by atoms with Crippen LogP contribution in [-0.2, 0) is 20.6 Å². The normalized spacial score (nSPS) is 31.6. The van der Waals surface area contributed by atoms with Gasteiger partial charge in [0.15, 0.2) is 0 Å². The molecule has 4 nitrogen and oxygen atoms in total. The van der Waals surface area contributed by atoms with Gasteiger partial charge in [0.25, 0.3) is 0 Å². The van der Waals surface area contributed by atoms with Crippen LogP contribution in [0.5, 0.6) is 0 Å². The first-order valence-corrected chi connectivity index (χ1v) is 16.6.